The fourth-order valence-electron chi connectivity index (χ4n) is 3.48. The van der Waals surface area contributed by atoms with E-state index in [0.717, 1.165) is 9.13 Å². The van der Waals surface area contributed by atoms with Crippen molar-refractivity contribution < 1.29 is 19.7 Å². The van der Waals surface area contributed by atoms with Crippen LogP contribution in [-0.2, 0) is 16.1 Å². The number of primary amides is 1. The Bertz CT molecular complexity index is 1060. The Morgan fingerprint density at radius 3 is 2.87 bits per heavy atom. The lowest BCUT2D eigenvalue weighted by Gasteiger charge is -2.16. The number of nitrogens with zero attached hydrogens (tertiary/aromatic N) is 4. The van der Waals surface area contributed by atoms with Gasteiger partial charge in [-0.15, -0.1) is 0 Å². The van der Waals surface area contributed by atoms with Gasteiger partial charge in [0.05, 0.1) is 12.4 Å². The van der Waals surface area contributed by atoms with Crippen LogP contribution in [-0.4, -0.2) is 54.0 Å². The Balaban J connectivity index is 1.55. The predicted octanol–water partition coefficient (Wildman–Crippen LogP) is 0.928. The van der Waals surface area contributed by atoms with Crippen LogP contribution in [0.25, 0.3) is 11.2 Å². The third-order valence-electron chi connectivity index (χ3n) is 4.99. The summed E-state index contributed by atoms with van der Waals surface area (Å²) in [4.78, 5) is 24.0. The fraction of sp³-hybridized carbons (Fsp3) is 0.368. The highest BCUT2D eigenvalue weighted by Gasteiger charge is 2.44. The minimum atomic E-state index is -1.20. The molecule has 4 rings (SSSR count). The van der Waals surface area contributed by atoms with Crippen molar-refractivity contribution in [2.45, 2.75) is 43.9 Å². The van der Waals surface area contributed by atoms with Gasteiger partial charge in [-0.3, -0.25) is 9.36 Å². The molecule has 2 aromatic heterocycles. The molecule has 1 aliphatic heterocycles. The van der Waals surface area contributed by atoms with Gasteiger partial charge in [-0.25, -0.2) is 15.0 Å². The second kappa shape index (κ2) is 8.79. The number of fused-ring (bicyclic) bond motifs is 1. The summed E-state index contributed by atoms with van der Waals surface area (Å²) in [6, 6.07) is 8.10. The highest BCUT2D eigenvalue weighted by Crippen LogP contribution is 2.33. The molecule has 5 N–H and O–H groups in total. The van der Waals surface area contributed by atoms with Crippen LogP contribution in [0.5, 0.6) is 0 Å². The number of aromatic nitrogens is 4. The van der Waals surface area contributed by atoms with E-state index in [1.54, 1.807) is 4.57 Å². The van der Waals surface area contributed by atoms with Gasteiger partial charge in [0.2, 0.25) is 5.91 Å². The number of hydrogen-bond acceptors (Lipinski definition) is 8. The number of ether oxygens (including phenoxy) is 1. The largest absolute Gasteiger partial charge is 0.388 e. The molecular weight excluding hydrogens is 503 g/mol. The van der Waals surface area contributed by atoms with E-state index >= 15 is 0 Å². The molecule has 3 heterocycles. The van der Waals surface area contributed by atoms with Crippen molar-refractivity contribution in [3.63, 3.8) is 0 Å². The van der Waals surface area contributed by atoms with E-state index in [-0.39, 0.29) is 12.8 Å². The normalized spacial score (nSPS) is 23.7. The number of amides is 1. The molecule has 158 valence electrons. The molecule has 0 bridgehead atoms. The van der Waals surface area contributed by atoms with Gasteiger partial charge in [-0.1, -0.05) is 12.1 Å². The Morgan fingerprint density at radius 1 is 1.27 bits per heavy atom. The Hall–Kier alpha value is -2.35. The first kappa shape index (κ1) is 20.9. The van der Waals surface area contributed by atoms with E-state index in [0.29, 0.717) is 23.5 Å². The first-order valence-electron chi connectivity index (χ1n) is 9.40. The number of hydrogen-bond donors (Lipinski definition) is 4. The number of halogens is 1. The van der Waals surface area contributed by atoms with Crippen LogP contribution in [0.2, 0.25) is 0 Å². The van der Waals surface area contributed by atoms with Crippen molar-refractivity contribution >= 4 is 45.5 Å². The monoisotopic (exact) mass is 524 g/mol. The number of aliphatic hydroxyl groups excluding tert-OH is 2. The topological polar surface area (TPSA) is 148 Å². The molecule has 1 amide bonds. The highest BCUT2D eigenvalue weighted by atomic mass is 127. The van der Waals surface area contributed by atoms with Crippen LogP contribution in [0, 0.1) is 3.57 Å². The van der Waals surface area contributed by atoms with Gasteiger partial charge in [-0.2, -0.15) is 0 Å². The van der Waals surface area contributed by atoms with Crippen LogP contribution < -0.4 is 11.1 Å². The highest BCUT2D eigenvalue weighted by molar-refractivity contribution is 14.1. The molecule has 30 heavy (non-hydrogen) atoms. The summed E-state index contributed by atoms with van der Waals surface area (Å²) < 4.78 is 8.51. The number of aliphatic hydroxyl groups is 2. The first-order chi connectivity index (χ1) is 14.4. The summed E-state index contributed by atoms with van der Waals surface area (Å²) in [5.41, 5.74) is 7.25. The van der Waals surface area contributed by atoms with Gasteiger partial charge in [0.1, 0.15) is 18.5 Å². The number of imidazole rings is 1. The molecule has 10 nitrogen and oxygen atoms in total. The number of nitrogens with one attached hydrogen (secondary N) is 1. The van der Waals surface area contributed by atoms with Gasteiger partial charge in [0, 0.05) is 16.5 Å². The molecular formula is C19H21IN6O4. The third-order valence-corrected chi connectivity index (χ3v) is 5.67. The maximum Gasteiger partial charge on any atom is 0.217 e. The van der Waals surface area contributed by atoms with E-state index in [9.17, 15) is 15.0 Å². The average Bonchev–Trinajstić information content (AvgIpc) is 3.27. The number of carbonyl (C=O) groups excluding carboxylic acids is 1. The van der Waals surface area contributed by atoms with Crippen molar-refractivity contribution in [2.75, 3.05) is 5.32 Å². The maximum atomic E-state index is 11.0. The van der Waals surface area contributed by atoms with Crippen LogP contribution in [0.1, 0.15) is 24.6 Å². The Morgan fingerprint density at radius 2 is 2.10 bits per heavy atom. The van der Waals surface area contributed by atoms with Crippen LogP contribution in [0.4, 0.5) is 5.82 Å². The van der Waals surface area contributed by atoms with Crippen LogP contribution >= 0.6 is 22.6 Å². The van der Waals surface area contributed by atoms with Crippen molar-refractivity contribution in [1.29, 1.82) is 0 Å². The summed E-state index contributed by atoms with van der Waals surface area (Å²) in [5, 5.41) is 24.0. The van der Waals surface area contributed by atoms with E-state index in [1.807, 2.05) is 18.2 Å². The molecule has 0 spiro atoms. The summed E-state index contributed by atoms with van der Waals surface area (Å²) >= 11 is 2.26. The standard InChI is InChI=1S/C19H21IN6O4/c20-11-3-1-2-10(6-11)7-22-17-14-18(24-8-23-17)26(9-25-14)19-16(29)15(28)12(30-19)4-5-13(21)27/h1-3,6,8-9,12,15-16,19,28-29H,4-5,7H2,(H2,21,27)(H,22,23,24)/t12-,15?,16?,19-/m1/s1. The number of rotatable bonds is 7. The number of anilines is 1. The fourth-order valence-corrected chi connectivity index (χ4v) is 4.09. The zero-order chi connectivity index (χ0) is 21.3. The average molecular weight is 524 g/mol. The summed E-state index contributed by atoms with van der Waals surface area (Å²) in [6.07, 6.45) is -0.775. The van der Waals surface area contributed by atoms with Crippen LogP contribution in [0.15, 0.2) is 36.9 Å². The van der Waals surface area contributed by atoms with Gasteiger partial charge in [-0.05, 0) is 46.7 Å². The van der Waals surface area contributed by atoms with Crippen molar-refractivity contribution in [1.82, 2.24) is 19.5 Å². The number of benzene rings is 1. The smallest absolute Gasteiger partial charge is 0.217 e. The van der Waals surface area contributed by atoms with E-state index in [4.69, 9.17) is 10.5 Å². The van der Waals surface area contributed by atoms with Crippen molar-refractivity contribution in [3.05, 3.63) is 46.1 Å². The Labute approximate surface area is 185 Å². The molecule has 1 aromatic carbocycles. The van der Waals surface area contributed by atoms with Gasteiger partial charge >= 0.3 is 0 Å². The summed E-state index contributed by atoms with van der Waals surface area (Å²) in [5.74, 6) is 0.0595. The number of nitrogens with two attached hydrogens (primary N) is 1. The maximum absolute atomic E-state index is 11.0. The van der Waals surface area contributed by atoms with Crippen molar-refractivity contribution in [2.24, 2.45) is 5.73 Å². The predicted molar refractivity (Wildman–Crippen MR) is 116 cm³/mol. The molecule has 1 fully saturated rings. The van der Waals surface area contributed by atoms with E-state index in [2.05, 4.69) is 48.9 Å². The number of carbonyl (C=O) groups is 1. The molecule has 2 unspecified atom stereocenters. The van der Waals surface area contributed by atoms with E-state index in [1.165, 1.54) is 12.7 Å². The minimum Gasteiger partial charge on any atom is -0.388 e. The molecule has 1 saturated heterocycles. The molecule has 11 heteroatoms. The second-order valence-electron chi connectivity index (χ2n) is 7.08. The van der Waals surface area contributed by atoms with Crippen LogP contribution in [0.3, 0.4) is 0 Å². The van der Waals surface area contributed by atoms with Gasteiger partial charge < -0.3 is 26.0 Å². The molecule has 0 saturated carbocycles. The summed E-state index contributed by atoms with van der Waals surface area (Å²) in [6.45, 7) is 0.562. The third kappa shape index (κ3) is 4.24. The Kier molecular flexibility index (Phi) is 6.13. The lowest BCUT2D eigenvalue weighted by molar-refractivity contribution is -0.119. The minimum absolute atomic E-state index is 0.0561. The quantitative estimate of drug-likeness (QED) is 0.334. The zero-order valence-corrected chi connectivity index (χ0v) is 18.0. The van der Waals surface area contributed by atoms with Gasteiger partial charge in [0.25, 0.3) is 0 Å². The molecule has 1 aliphatic rings. The molecule has 4 atom stereocenters. The lowest BCUT2D eigenvalue weighted by Crippen LogP contribution is -2.32. The molecule has 0 radical (unpaired) electrons. The SMILES string of the molecule is NC(=O)CC[C@H]1O[C@@H](n2cnc3c(NCc4cccc(I)c4)ncnc32)C(O)C1O. The van der Waals surface area contributed by atoms with Gasteiger partial charge in [0.15, 0.2) is 23.2 Å². The molecule has 0 aliphatic carbocycles. The molecule has 3 aromatic rings. The van der Waals surface area contributed by atoms with E-state index < -0.39 is 30.4 Å². The second-order valence-corrected chi connectivity index (χ2v) is 8.33. The summed E-state index contributed by atoms with van der Waals surface area (Å²) in [7, 11) is 0. The first-order valence-corrected chi connectivity index (χ1v) is 10.5. The lowest BCUT2D eigenvalue weighted by atomic mass is 10.1. The van der Waals surface area contributed by atoms with Crippen molar-refractivity contribution in [3.8, 4) is 0 Å². The zero-order valence-electron chi connectivity index (χ0n) is 15.8.